The molecule has 0 fully saturated rings. The maximum absolute atomic E-state index is 12.5. The van der Waals surface area contributed by atoms with Gasteiger partial charge in [-0.2, -0.15) is 5.10 Å². The van der Waals surface area contributed by atoms with Gasteiger partial charge >= 0.3 is 0 Å². The number of hydrogen-bond donors (Lipinski definition) is 1. The lowest BCUT2D eigenvalue weighted by molar-refractivity contribution is 0.0705. The Labute approximate surface area is 109 Å². The number of aryl methyl sites for hydroxylation is 1. The molecule has 0 saturated heterocycles. The van der Waals surface area contributed by atoms with Gasteiger partial charge in [0.25, 0.3) is 5.91 Å². The molecule has 1 amide bonds. The van der Waals surface area contributed by atoms with Crippen LogP contribution in [0.4, 0.5) is 5.69 Å². The maximum Gasteiger partial charge on any atom is 0.274 e. The van der Waals surface area contributed by atoms with Crippen molar-refractivity contribution in [1.29, 1.82) is 0 Å². The molecule has 0 aromatic carbocycles. The Hall–Kier alpha value is -1.52. The van der Waals surface area contributed by atoms with Crippen LogP contribution in [0.1, 0.15) is 38.2 Å². The van der Waals surface area contributed by atoms with Crippen molar-refractivity contribution < 1.29 is 4.79 Å². The van der Waals surface area contributed by atoms with E-state index < -0.39 is 0 Å². The summed E-state index contributed by atoms with van der Waals surface area (Å²) >= 11 is 0. The smallest absolute Gasteiger partial charge is 0.274 e. The highest BCUT2D eigenvalue weighted by Gasteiger charge is 2.23. The molecule has 5 nitrogen and oxygen atoms in total. The van der Waals surface area contributed by atoms with Gasteiger partial charge in [0, 0.05) is 20.1 Å². The van der Waals surface area contributed by atoms with E-state index in [1.54, 1.807) is 11.7 Å². The first-order valence-corrected chi connectivity index (χ1v) is 6.39. The molecule has 0 aliphatic rings. The number of carbonyl (C=O) groups excluding carboxylic acids is 1. The zero-order valence-corrected chi connectivity index (χ0v) is 12.0. The molecule has 18 heavy (non-hydrogen) atoms. The van der Waals surface area contributed by atoms with Crippen LogP contribution >= 0.6 is 0 Å². The Balaban J connectivity index is 2.95. The van der Waals surface area contributed by atoms with E-state index in [1.807, 2.05) is 4.90 Å². The Kier molecular flexibility index (Phi) is 4.76. The Morgan fingerprint density at radius 2 is 1.83 bits per heavy atom. The molecule has 102 valence electrons. The molecule has 1 aromatic heterocycles. The summed E-state index contributed by atoms with van der Waals surface area (Å²) in [6.07, 6.45) is 1.52. The second-order valence-electron chi connectivity index (χ2n) is 5.57. The number of rotatable bonds is 5. The number of anilines is 1. The number of aromatic nitrogens is 2. The van der Waals surface area contributed by atoms with E-state index in [0.717, 1.165) is 13.1 Å². The van der Waals surface area contributed by atoms with Gasteiger partial charge in [0.2, 0.25) is 0 Å². The third-order valence-corrected chi connectivity index (χ3v) is 2.63. The minimum Gasteiger partial charge on any atom is -0.396 e. The second-order valence-corrected chi connectivity index (χ2v) is 5.57. The Bertz CT molecular complexity index is 380. The van der Waals surface area contributed by atoms with Crippen LogP contribution in [0.3, 0.4) is 0 Å². The minimum atomic E-state index is -0.0325. The molecule has 0 atom stereocenters. The van der Waals surface area contributed by atoms with Crippen LogP contribution in [0.5, 0.6) is 0 Å². The van der Waals surface area contributed by atoms with E-state index in [1.165, 1.54) is 6.20 Å². The van der Waals surface area contributed by atoms with Gasteiger partial charge in [0.1, 0.15) is 5.69 Å². The van der Waals surface area contributed by atoms with Crippen molar-refractivity contribution in [3.8, 4) is 0 Å². The Morgan fingerprint density at radius 3 is 2.17 bits per heavy atom. The number of nitrogens with zero attached hydrogens (tertiary/aromatic N) is 3. The van der Waals surface area contributed by atoms with Gasteiger partial charge in [-0.15, -0.1) is 0 Å². The molecule has 2 N–H and O–H groups in total. The molecule has 1 rings (SSSR count). The fraction of sp³-hybridized carbons (Fsp3) is 0.692. The van der Waals surface area contributed by atoms with Crippen molar-refractivity contribution in [2.75, 3.05) is 18.8 Å². The number of carbonyl (C=O) groups is 1. The first kappa shape index (κ1) is 14.5. The van der Waals surface area contributed by atoms with Crippen molar-refractivity contribution in [1.82, 2.24) is 14.7 Å². The van der Waals surface area contributed by atoms with Gasteiger partial charge in [-0.3, -0.25) is 9.48 Å². The molecule has 1 heterocycles. The summed E-state index contributed by atoms with van der Waals surface area (Å²) in [4.78, 5) is 14.4. The topological polar surface area (TPSA) is 64.2 Å². The molecule has 0 radical (unpaired) electrons. The van der Waals surface area contributed by atoms with E-state index in [4.69, 9.17) is 5.73 Å². The monoisotopic (exact) mass is 252 g/mol. The van der Waals surface area contributed by atoms with Crippen LogP contribution in [-0.2, 0) is 7.05 Å². The van der Waals surface area contributed by atoms with Crippen LogP contribution in [0.2, 0.25) is 0 Å². The van der Waals surface area contributed by atoms with Crippen molar-refractivity contribution >= 4 is 11.6 Å². The number of nitrogen functional groups attached to an aromatic ring is 1. The molecule has 0 unspecified atom stereocenters. The number of hydrogen-bond acceptors (Lipinski definition) is 3. The SMILES string of the molecule is CC(C)CN(CC(C)C)C(=O)c1c(N)cnn1C. The summed E-state index contributed by atoms with van der Waals surface area (Å²) in [5, 5.41) is 4.02. The zero-order valence-electron chi connectivity index (χ0n) is 12.0. The van der Waals surface area contributed by atoms with Crippen LogP contribution < -0.4 is 5.73 Å². The van der Waals surface area contributed by atoms with Gasteiger partial charge in [-0.25, -0.2) is 0 Å². The predicted molar refractivity (Wildman–Crippen MR) is 73.2 cm³/mol. The van der Waals surface area contributed by atoms with Crippen LogP contribution in [0.25, 0.3) is 0 Å². The zero-order chi connectivity index (χ0) is 13.9. The third-order valence-electron chi connectivity index (χ3n) is 2.63. The summed E-state index contributed by atoms with van der Waals surface area (Å²) in [6.45, 7) is 9.89. The van der Waals surface area contributed by atoms with E-state index in [9.17, 15) is 4.79 Å². The maximum atomic E-state index is 12.5. The standard InChI is InChI=1S/C13H24N4O/c1-9(2)7-17(8-10(3)4)13(18)12-11(14)6-15-16(12)5/h6,9-10H,7-8,14H2,1-5H3. The molecular formula is C13H24N4O. The Morgan fingerprint density at radius 1 is 1.33 bits per heavy atom. The van der Waals surface area contributed by atoms with Crippen LogP contribution in [-0.4, -0.2) is 33.7 Å². The first-order valence-electron chi connectivity index (χ1n) is 6.39. The average Bonchev–Trinajstić information content (AvgIpc) is 2.55. The summed E-state index contributed by atoms with van der Waals surface area (Å²) < 4.78 is 1.55. The lowest BCUT2D eigenvalue weighted by Crippen LogP contribution is -2.38. The summed E-state index contributed by atoms with van der Waals surface area (Å²) in [5.74, 6) is 0.833. The fourth-order valence-corrected chi connectivity index (χ4v) is 1.99. The number of amides is 1. The highest BCUT2D eigenvalue weighted by atomic mass is 16.2. The van der Waals surface area contributed by atoms with Crippen molar-refractivity contribution in [3.05, 3.63) is 11.9 Å². The normalized spacial score (nSPS) is 11.3. The quantitative estimate of drug-likeness (QED) is 0.868. The van der Waals surface area contributed by atoms with Crippen LogP contribution in [0.15, 0.2) is 6.20 Å². The molecule has 0 bridgehead atoms. The van der Waals surface area contributed by atoms with Gasteiger partial charge in [0.15, 0.2) is 0 Å². The van der Waals surface area contributed by atoms with E-state index in [0.29, 0.717) is 23.2 Å². The molecule has 0 spiro atoms. The lowest BCUT2D eigenvalue weighted by atomic mass is 10.1. The van der Waals surface area contributed by atoms with Gasteiger partial charge in [-0.1, -0.05) is 27.7 Å². The summed E-state index contributed by atoms with van der Waals surface area (Å²) in [5.41, 5.74) is 6.74. The molecule has 1 aromatic rings. The molecular weight excluding hydrogens is 228 g/mol. The largest absolute Gasteiger partial charge is 0.396 e. The van der Waals surface area contributed by atoms with Crippen LogP contribution in [0, 0.1) is 11.8 Å². The van der Waals surface area contributed by atoms with E-state index >= 15 is 0 Å². The summed E-state index contributed by atoms with van der Waals surface area (Å²) in [7, 11) is 1.74. The first-order chi connectivity index (χ1) is 8.32. The molecule has 5 heteroatoms. The third kappa shape index (κ3) is 3.48. The van der Waals surface area contributed by atoms with Crippen molar-refractivity contribution in [3.63, 3.8) is 0 Å². The molecule has 0 aliphatic carbocycles. The minimum absolute atomic E-state index is 0.0325. The molecule has 0 aliphatic heterocycles. The highest BCUT2D eigenvalue weighted by Crippen LogP contribution is 2.15. The average molecular weight is 252 g/mol. The molecule has 0 saturated carbocycles. The van der Waals surface area contributed by atoms with Gasteiger partial charge in [-0.05, 0) is 11.8 Å². The fourth-order valence-electron chi connectivity index (χ4n) is 1.99. The van der Waals surface area contributed by atoms with E-state index in [2.05, 4.69) is 32.8 Å². The van der Waals surface area contributed by atoms with Gasteiger partial charge < -0.3 is 10.6 Å². The highest BCUT2D eigenvalue weighted by molar-refractivity contribution is 5.97. The summed E-state index contributed by atoms with van der Waals surface area (Å²) in [6, 6.07) is 0. The number of nitrogens with two attached hydrogens (primary N) is 1. The lowest BCUT2D eigenvalue weighted by Gasteiger charge is -2.26. The van der Waals surface area contributed by atoms with Crippen molar-refractivity contribution in [2.45, 2.75) is 27.7 Å². The predicted octanol–water partition coefficient (Wildman–Crippen LogP) is 1.76. The second kappa shape index (κ2) is 5.89. The van der Waals surface area contributed by atoms with Crippen molar-refractivity contribution in [2.24, 2.45) is 18.9 Å². The van der Waals surface area contributed by atoms with Gasteiger partial charge in [0.05, 0.1) is 11.9 Å². The van der Waals surface area contributed by atoms with E-state index in [-0.39, 0.29) is 5.91 Å².